The van der Waals surface area contributed by atoms with Gasteiger partial charge in [-0.15, -0.1) is 11.3 Å². The van der Waals surface area contributed by atoms with Crippen LogP contribution >= 0.6 is 11.3 Å². The number of aliphatic hydroxyl groups is 1. The van der Waals surface area contributed by atoms with Gasteiger partial charge in [-0.05, 0) is 32.6 Å². The van der Waals surface area contributed by atoms with E-state index in [0.29, 0.717) is 6.54 Å². The molecule has 0 bridgehead atoms. The van der Waals surface area contributed by atoms with Gasteiger partial charge in [-0.25, -0.2) is 9.78 Å². The Labute approximate surface area is 117 Å². The molecule has 1 atom stereocenters. The molecule has 1 aromatic rings. The number of fused-ring (bicyclic) bond motifs is 1. The van der Waals surface area contributed by atoms with E-state index >= 15 is 0 Å². The van der Waals surface area contributed by atoms with Gasteiger partial charge in [-0.3, -0.25) is 0 Å². The molecule has 1 unspecified atom stereocenters. The van der Waals surface area contributed by atoms with Crippen molar-refractivity contribution >= 4 is 17.4 Å². The second kappa shape index (κ2) is 6.86. The van der Waals surface area contributed by atoms with Crippen LogP contribution in [0.1, 0.15) is 35.3 Å². The highest BCUT2D eigenvalue weighted by Gasteiger charge is 2.14. The fourth-order valence-electron chi connectivity index (χ4n) is 2.12. The van der Waals surface area contributed by atoms with Gasteiger partial charge in [0.25, 0.3) is 0 Å². The number of amides is 2. The molecule has 1 heterocycles. The number of urea groups is 1. The van der Waals surface area contributed by atoms with Gasteiger partial charge < -0.3 is 15.7 Å². The van der Waals surface area contributed by atoms with Crippen LogP contribution in [0.4, 0.5) is 4.79 Å². The highest BCUT2D eigenvalue weighted by atomic mass is 32.1. The normalized spacial score (nSPS) is 15.7. The minimum absolute atomic E-state index is 0.0490. The topological polar surface area (TPSA) is 74.2 Å². The maximum atomic E-state index is 11.4. The molecule has 0 spiro atoms. The Kier molecular flexibility index (Phi) is 5.15. The molecule has 0 aliphatic heterocycles. The lowest BCUT2D eigenvalue weighted by atomic mass is 10.0. The summed E-state index contributed by atoms with van der Waals surface area (Å²) in [6.07, 6.45) is 5.56. The van der Waals surface area contributed by atoms with Gasteiger partial charge in [-0.1, -0.05) is 0 Å². The van der Waals surface area contributed by atoms with Crippen molar-refractivity contribution in [2.24, 2.45) is 0 Å². The quantitative estimate of drug-likeness (QED) is 0.761. The van der Waals surface area contributed by atoms with Crippen LogP contribution in [0, 0.1) is 0 Å². The molecule has 106 valence electrons. The third-order valence-electron chi connectivity index (χ3n) is 3.17. The van der Waals surface area contributed by atoms with Crippen molar-refractivity contribution in [1.29, 1.82) is 0 Å². The number of hydrogen-bond acceptors (Lipinski definition) is 4. The number of carbonyl (C=O) groups is 1. The zero-order valence-electron chi connectivity index (χ0n) is 11.2. The molecule has 6 heteroatoms. The van der Waals surface area contributed by atoms with Gasteiger partial charge in [-0.2, -0.15) is 0 Å². The first-order valence-corrected chi connectivity index (χ1v) is 7.63. The maximum absolute atomic E-state index is 11.4. The molecular formula is C13H21N3O2S. The fraction of sp³-hybridized carbons (Fsp3) is 0.692. The zero-order valence-corrected chi connectivity index (χ0v) is 12.1. The van der Waals surface area contributed by atoms with Crippen molar-refractivity contribution in [2.75, 3.05) is 13.2 Å². The Morgan fingerprint density at radius 2 is 2.26 bits per heavy atom. The Balaban J connectivity index is 1.73. The van der Waals surface area contributed by atoms with E-state index in [-0.39, 0.29) is 18.7 Å². The summed E-state index contributed by atoms with van der Waals surface area (Å²) in [7, 11) is 0. The van der Waals surface area contributed by atoms with Crippen LogP contribution in [0.2, 0.25) is 0 Å². The van der Waals surface area contributed by atoms with E-state index in [9.17, 15) is 4.79 Å². The second-order valence-electron chi connectivity index (χ2n) is 4.92. The largest absolute Gasteiger partial charge is 0.394 e. The van der Waals surface area contributed by atoms with Gasteiger partial charge in [0.1, 0.15) is 0 Å². The number of aryl methyl sites for hydroxylation is 2. The minimum atomic E-state index is -0.233. The smallest absolute Gasteiger partial charge is 0.315 e. The molecule has 1 aromatic heterocycles. The van der Waals surface area contributed by atoms with Crippen molar-refractivity contribution in [3.8, 4) is 0 Å². The summed E-state index contributed by atoms with van der Waals surface area (Å²) < 4.78 is 0. The number of carbonyl (C=O) groups excluding carboxylic acids is 1. The van der Waals surface area contributed by atoms with Crippen molar-refractivity contribution in [2.45, 2.75) is 45.1 Å². The molecule has 2 amide bonds. The monoisotopic (exact) mass is 283 g/mol. The lowest BCUT2D eigenvalue weighted by molar-refractivity contribution is 0.220. The van der Waals surface area contributed by atoms with E-state index in [1.54, 1.807) is 18.3 Å². The summed E-state index contributed by atoms with van der Waals surface area (Å²) in [4.78, 5) is 17.5. The Bertz CT molecular complexity index is 410. The Hall–Kier alpha value is -1.14. The van der Waals surface area contributed by atoms with Gasteiger partial charge in [0.05, 0.1) is 23.4 Å². The molecule has 19 heavy (non-hydrogen) atoms. The fourth-order valence-corrected chi connectivity index (χ4v) is 3.27. The van der Waals surface area contributed by atoms with Gasteiger partial charge in [0, 0.05) is 17.8 Å². The van der Waals surface area contributed by atoms with E-state index < -0.39 is 0 Å². The molecule has 2 rings (SSSR count). The van der Waals surface area contributed by atoms with Crippen LogP contribution in [0.5, 0.6) is 0 Å². The number of hydrogen-bond donors (Lipinski definition) is 3. The van der Waals surface area contributed by atoms with Crippen LogP contribution < -0.4 is 10.6 Å². The number of nitrogens with zero attached hydrogens (tertiary/aromatic N) is 1. The number of aromatic nitrogens is 1. The van der Waals surface area contributed by atoms with E-state index in [2.05, 4.69) is 15.6 Å². The van der Waals surface area contributed by atoms with Crippen molar-refractivity contribution in [3.05, 3.63) is 15.6 Å². The summed E-state index contributed by atoms with van der Waals surface area (Å²) in [6.45, 7) is 2.29. The molecule has 1 aliphatic rings. The Morgan fingerprint density at radius 1 is 1.47 bits per heavy atom. The summed E-state index contributed by atoms with van der Waals surface area (Å²) in [5.74, 6) is 0. The third-order valence-corrected chi connectivity index (χ3v) is 4.38. The average Bonchev–Trinajstić information content (AvgIpc) is 2.81. The number of nitrogens with one attached hydrogen (secondary N) is 2. The first-order chi connectivity index (χ1) is 9.19. The summed E-state index contributed by atoms with van der Waals surface area (Å²) in [5.41, 5.74) is 1.27. The maximum Gasteiger partial charge on any atom is 0.315 e. The third kappa shape index (κ3) is 4.18. The van der Waals surface area contributed by atoms with Crippen molar-refractivity contribution < 1.29 is 9.90 Å². The molecule has 5 nitrogen and oxygen atoms in total. The predicted molar refractivity (Wildman–Crippen MR) is 75.5 cm³/mol. The van der Waals surface area contributed by atoms with Crippen LogP contribution in [-0.2, 0) is 19.3 Å². The number of thiazole rings is 1. The van der Waals surface area contributed by atoms with Crippen LogP contribution in [0.3, 0.4) is 0 Å². The lowest BCUT2D eigenvalue weighted by Gasteiger charge is -2.11. The summed E-state index contributed by atoms with van der Waals surface area (Å²) in [5, 5.41) is 15.4. The highest BCUT2D eigenvalue weighted by Crippen LogP contribution is 2.26. The molecule has 0 saturated carbocycles. The van der Waals surface area contributed by atoms with Crippen molar-refractivity contribution in [1.82, 2.24) is 15.6 Å². The van der Waals surface area contributed by atoms with E-state index in [1.807, 2.05) is 0 Å². The first-order valence-electron chi connectivity index (χ1n) is 6.81. The SMILES string of the molecule is CC(CO)NC(=O)NCCc1nc2c(s1)CCCC2. The minimum Gasteiger partial charge on any atom is -0.394 e. The van der Waals surface area contributed by atoms with Gasteiger partial charge >= 0.3 is 6.03 Å². The van der Waals surface area contributed by atoms with Crippen molar-refractivity contribution in [3.63, 3.8) is 0 Å². The molecule has 3 N–H and O–H groups in total. The Morgan fingerprint density at radius 3 is 3.00 bits per heavy atom. The standard InChI is InChI=1S/C13H21N3O2S/c1-9(8-17)15-13(18)14-7-6-12-16-10-4-2-3-5-11(10)19-12/h9,17H,2-8H2,1H3,(H2,14,15,18). The first kappa shape index (κ1) is 14.3. The number of rotatable bonds is 5. The van der Waals surface area contributed by atoms with Crippen LogP contribution in [-0.4, -0.2) is 35.3 Å². The molecular weight excluding hydrogens is 262 g/mol. The molecule has 0 aromatic carbocycles. The second-order valence-corrected chi connectivity index (χ2v) is 6.09. The van der Waals surface area contributed by atoms with Gasteiger partial charge in [0.2, 0.25) is 0 Å². The van der Waals surface area contributed by atoms with Crippen LogP contribution in [0.15, 0.2) is 0 Å². The van der Waals surface area contributed by atoms with E-state index in [4.69, 9.17) is 5.11 Å². The lowest BCUT2D eigenvalue weighted by Crippen LogP contribution is -2.42. The molecule has 1 aliphatic carbocycles. The average molecular weight is 283 g/mol. The van der Waals surface area contributed by atoms with Crippen LogP contribution in [0.25, 0.3) is 0 Å². The summed E-state index contributed by atoms with van der Waals surface area (Å²) >= 11 is 1.78. The van der Waals surface area contributed by atoms with E-state index in [0.717, 1.165) is 24.3 Å². The molecule has 0 radical (unpaired) electrons. The zero-order chi connectivity index (χ0) is 13.7. The van der Waals surface area contributed by atoms with Gasteiger partial charge in [0.15, 0.2) is 0 Å². The predicted octanol–water partition coefficient (Wildman–Crippen LogP) is 1.24. The summed E-state index contributed by atoms with van der Waals surface area (Å²) in [6, 6.07) is -0.449. The highest BCUT2D eigenvalue weighted by molar-refractivity contribution is 7.11. The molecule has 0 fully saturated rings. The molecule has 0 saturated heterocycles. The number of aliphatic hydroxyl groups excluding tert-OH is 1. The van der Waals surface area contributed by atoms with E-state index in [1.165, 1.54) is 23.4 Å².